The molecule has 0 bridgehead atoms. The topological polar surface area (TPSA) is 83.7 Å². The van der Waals surface area contributed by atoms with Crippen molar-refractivity contribution < 1.29 is 14.8 Å². The minimum absolute atomic E-state index is 0.306. The lowest BCUT2D eigenvalue weighted by Gasteiger charge is -2.20. The van der Waals surface area contributed by atoms with Gasteiger partial charge >= 0.3 is 5.97 Å². The molecule has 1 aromatic rings. The molecule has 0 saturated heterocycles. The first-order chi connectivity index (χ1) is 8.51. The fourth-order valence-corrected chi connectivity index (χ4v) is 1.54. The maximum Gasteiger partial charge on any atom is 0.342 e. The number of nitrogens with zero attached hydrogens (tertiary/aromatic N) is 2. The summed E-state index contributed by atoms with van der Waals surface area (Å²) in [5, 5.41) is 19.7. The van der Waals surface area contributed by atoms with Crippen molar-refractivity contribution in [3.63, 3.8) is 0 Å². The largest absolute Gasteiger partial charge is 0.477 e. The molecule has 0 aromatic heterocycles. The van der Waals surface area contributed by atoms with E-state index in [1.807, 2.05) is 6.92 Å². The first kappa shape index (κ1) is 13.5. The van der Waals surface area contributed by atoms with Gasteiger partial charge in [0, 0.05) is 18.3 Å². The van der Waals surface area contributed by atoms with Crippen LogP contribution in [-0.4, -0.2) is 29.1 Å². The van der Waals surface area contributed by atoms with E-state index < -0.39 is 16.6 Å². The van der Waals surface area contributed by atoms with E-state index in [0.29, 0.717) is 18.8 Å². The predicted octanol–water partition coefficient (Wildman–Crippen LogP) is 1.75. The SMILES string of the molecule is C#CCN(CC)c1ccc(C(=O)O)c([N+](=O)[O-])c1. The van der Waals surface area contributed by atoms with E-state index in [9.17, 15) is 14.9 Å². The van der Waals surface area contributed by atoms with E-state index in [1.54, 1.807) is 4.90 Å². The van der Waals surface area contributed by atoms with E-state index in [1.165, 1.54) is 18.2 Å². The Hall–Kier alpha value is -2.55. The minimum atomic E-state index is -1.33. The summed E-state index contributed by atoms with van der Waals surface area (Å²) in [6.07, 6.45) is 5.20. The summed E-state index contributed by atoms with van der Waals surface area (Å²) in [5.74, 6) is 1.12. The summed E-state index contributed by atoms with van der Waals surface area (Å²) in [6, 6.07) is 3.95. The van der Waals surface area contributed by atoms with E-state index in [4.69, 9.17) is 11.5 Å². The number of aromatic carboxylic acids is 1. The zero-order valence-electron chi connectivity index (χ0n) is 9.79. The Balaban J connectivity index is 3.26. The summed E-state index contributed by atoms with van der Waals surface area (Å²) < 4.78 is 0. The van der Waals surface area contributed by atoms with Crippen LogP contribution in [0.2, 0.25) is 0 Å². The third-order valence-electron chi connectivity index (χ3n) is 2.44. The molecule has 0 atom stereocenters. The van der Waals surface area contributed by atoms with Crippen LogP contribution in [0.1, 0.15) is 17.3 Å². The van der Waals surface area contributed by atoms with E-state index in [2.05, 4.69) is 5.92 Å². The van der Waals surface area contributed by atoms with Crippen LogP contribution in [0.15, 0.2) is 18.2 Å². The van der Waals surface area contributed by atoms with Crippen LogP contribution in [0.3, 0.4) is 0 Å². The van der Waals surface area contributed by atoms with Gasteiger partial charge in [-0.1, -0.05) is 5.92 Å². The lowest BCUT2D eigenvalue weighted by Crippen LogP contribution is -2.23. The zero-order valence-corrected chi connectivity index (χ0v) is 9.79. The molecule has 0 radical (unpaired) electrons. The molecule has 1 N–H and O–H groups in total. The molecule has 6 nitrogen and oxygen atoms in total. The van der Waals surface area contributed by atoms with Gasteiger partial charge in [0.25, 0.3) is 5.69 Å². The van der Waals surface area contributed by atoms with E-state index >= 15 is 0 Å². The fourth-order valence-electron chi connectivity index (χ4n) is 1.54. The molecule has 0 saturated carbocycles. The van der Waals surface area contributed by atoms with Gasteiger partial charge in [0.2, 0.25) is 0 Å². The summed E-state index contributed by atoms with van der Waals surface area (Å²) in [7, 11) is 0. The molecule has 6 heteroatoms. The van der Waals surface area contributed by atoms with Gasteiger partial charge in [0.05, 0.1) is 11.5 Å². The number of rotatable bonds is 5. The molecule has 0 aliphatic carbocycles. The van der Waals surface area contributed by atoms with Crippen molar-refractivity contribution in [1.82, 2.24) is 0 Å². The lowest BCUT2D eigenvalue weighted by atomic mass is 10.1. The van der Waals surface area contributed by atoms with Crippen molar-refractivity contribution in [1.29, 1.82) is 0 Å². The molecule has 0 aliphatic heterocycles. The Labute approximate surface area is 104 Å². The standard InChI is InChI=1S/C12H12N2O4/c1-3-7-13(4-2)9-5-6-10(12(15)16)11(8-9)14(17)18/h1,5-6,8H,4,7H2,2H3,(H,15,16). The van der Waals surface area contributed by atoms with Gasteiger partial charge in [-0.05, 0) is 19.1 Å². The Kier molecular flexibility index (Phi) is 4.27. The van der Waals surface area contributed by atoms with Crippen LogP contribution in [0, 0.1) is 22.5 Å². The van der Waals surface area contributed by atoms with Crippen LogP contribution < -0.4 is 4.90 Å². The summed E-state index contributed by atoms with van der Waals surface area (Å²) >= 11 is 0. The molecule has 0 amide bonds. The minimum Gasteiger partial charge on any atom is -0.477 e. The second-order valence-corrected chi connectivity index (χ2v) is 3.48. The van der Waals surface area contributed by atoms with Gasteiger partial charge in [-0.25, -0.2) is 4.79 Å². The van der Waals surface area contributed by atoms with Crippen molar-refractivity contribution in [3.05, 3.63) is 33.9 Å². The van der Waals surface area contributed by atoms with Gasteiger partial charge in [-0.2, -0.15) is 0 Å². The van der Waals surface area contributed by atoms with Crippen LogP contribution >= 0.6 is 0 Å². The average Bonchev–Trinajstić information content (AvgIpc) is 2.35. The average molecular weight is 248 g/mol. The molecule has 0 unspecified atom stereocenters. The number of carboxylic acids is 1. The molecule has 1 aromatic carbocycles. The zero-order chi connectivity index (χ0) is 13.7. The Bertz CT molecular complexity index is 519. The van der Waals surface area contributed by atoms with Crippen molar-refractivity contribution >= 4 is 17.3 Å². The molecule has 0 spiro atoms. The van der Waals surface area contributed by atoms with Gasteiger partial charge in [-0.3, -0.25) is 10.1 Å². The van der Waals surface area contributed by atoms with Gasteiger partial charge in [0.1, 0.15) is 5.56 Å². The third kappa shape index (κ3) is 2.77. The molecular weight excluding hydrogens is 236 g/mol. The molecular formula is C12H12N2O4. The molecule has 94 valence electrons. The Morgan fingerprint density at radius 1 is 1.61 bits per heavy atom. The second kappa shape index (κ2) is 5.68. The first-order valence-corrected chi connectivity index (χ1v) is 5.21. The maximum absolute atomic E-state index is 10.9. The summed E-state index contributed by atoms with van der Waals surface area (Å²) in [4.78, 5) is 22.7. The lowest BCUT2D eigenvalue weighted by molar-refractivity contribution is -0.385. The second-order valence-electron chi connectivity index (χ2n) is 3.48. The number of carboxylic acid groups (broad SMARTS) is 1. The number of nitro benzene ring substituents is 1. The molecule has 0 fully saturated rings. The van der Waals surface area contributed by atoms with Crippen LogP contribution in [0.4, 0.5) is 11.4 Å². The maximum atomic E-state index is 10.9. The highest BCUT2D eigenvalue weighted by Crippen LogP contribution is 2.25. The van der Waals surface area contributed by atoms with Crippen molar-refractivity contribution in [2.45, 2.75) is 6.92 Å². The third-order valence-corrected chi connectivity index (χ3v) is 2.44. The number of carbonyl (C=O) groups is 1. The van der Waals surface area contributed by atoms with Crippen molar-refractivity contribution in [2.75, 3.05) is 18.0 Å². The number of terminal acetylenes is 1. The molecule has 0 heterocycles. The predicted molar refractivity (Wildman–Crippen MR) is 66.8 cm³/mol. The Morgan fingerprint density at radius 2 is 2.28 bits per heavy atom. The quantitative estimate of drug-likeness (QED) is 0.487. The van der Waals surface area contributed by atoms with Gasteiger partial charge in [-0.15, -0.1) is 6.42 Å². The highest BCUT2D eigenvalue weighted by molar-refractivity contribution is 5.93. The molecule has 18 heavy (non-hydrogen) atoms. The van der Waals surface area contributed by atoms with Gasteiger partial charge in [0.15, 0.2) is 0 Å². The molecule has 0 aliphatic rings. The number of nitro groups is 1. The normalized spacial score (nSPS) is 9.56. The van der Waals surface area contributed by atoms with E-state index in [-0.39, 0.29) is 5.56 Å². The fraction of sp³-hybridized carbons (Fsp3) is 0.250. The highest BCUT2D eigenvalue weighted by Gasteiger charge is 2.21. The first-order valence-electron chi connectivity index (χ1n) is 5.21. The molecule has 1 rings (SSSR count). The van der Waals surface area contributed by atoms with Crippen LogP contribution in [0.25, 0.3) is 0 Å². The van der Waals surface area contributed by atoms with Crippen molar-refractivity contribution in [3.8, 4) is 12.3 Å². The number of anilines is 1. The monoisotopic (exact) mass is 248 g/mol. The number of hydrogen-bond acceptors (Lipinski definition) is 4. The van der Waals surface area contributed by atoms with Crippen LogP contribution in [0.5, 0.6) is 0 Å². The van der Waals surface area contributed by atoms with Crippen LogP contribution in [-0.2, 0) is 0 Å². The summed E-state index contributed by atoms with van der Waals surface area (Å²) in [5.41, 5.74) is -0.233. The van der Waals surface area contributed by atoms with E-state index in [0.717, 1.165) is 0 Å². The number of benzene rings is 1. The smallest absolute Gasteiger partial charge is 0.342 e. The summed E-state index contributed by atoms with van der Waals surface area (Å²) in [6.45, 7) is 2.74. The Morgan fingerprint density at radius 3 is 2.72 bits per heavy atom. The number of hydrogen-bond donors (Lipinski definition) is 1. The highest BCUT2D eigenvalue weighted by atomic mass is 16.6. The van der Waals surface area contributed by atoms with Crippen molar-refractivity contribution in [2.24, 2.45) is 0 Å². The van der Waals surface area contributed by atoms with Gasteiger partial charge < -0.3 is 10.0 Å².